The van der Waals surface area contributed by atoms with Crippen molar-refractivity contribution < 1.29 is 4.74 Å². The smallest absolute Gasteiger partial charge is 0.0681 e. The predicted molar refractivity (Wildman–Crippen MR) is 82.8 cm³/mol. The Morgan fingerprint density at radius 3 is 2.60 bits per heavy atom. The van der Waals surface area contributed by atoms with Crippen molar-refractivity contribution in [3.8, 4) is 0 Å². The van der Waals surface area contributed by atoms with Crippen LogP contribution in [0.5, 0.6) is 0 Å². The highest BCUT2D eigenvalue weighted by molar-refractivity contribution is 5.25. The Kier molecular flexibility index (Phi) is 4.22. The zero-order chi connectivity index (χ0) is 15.0. The van der Waals surface area contributed by atoms with Gasteiger partial charge in [0.25, 0.3) is 0 Å². The lowest BCUT2D eigenvalue weighted by Gasteiger charge is -2.33. The van der Waals surface area contributed by atoms with Crippen molar-refractivity contribution in [2.24, 2.45) is 5.92 Å². The summed E-state index contributed by atoms with van der Waals surface area (Å²) in [6, 6.07) is 4.44. The summed E-state index contributed by atoms with van der Waals surface area (Å²) in [4.78, 5) is 4.66. The van der Waals surface area contributed by atoms with E-state index in [2.05, 4.69) is 51.0 Å². The van der Waals surface area contributed by atoms with Crippen LogP contribution in [-0.2, 0) is 11.2 Å². The Bertz CT molecular complexity index is 468. The Hall–Kier alpha value is -0.930. The molecule has 0 bridgehead atoms. The van der Waals surface area contributed by atoms with Crippen molar-refractivity contribution in [2.45, 2.75) is 64.7 Å². The number of hydrogen-bond donors (Lipinski definition) is 1. The van der Waals surface area contributed by atoms with E-state index in [1.807, 2.05) is 19.3 Å². The van der Waals surface area contributed by atoms with Gasteiger partial charge in [0.05, 0.1) is 22.9 Å². The first kappa shape index (κ1) is 15.5. The first-order chi connectivity index (χ1) is 9.30. The van der Waals surface area contributed by atoms with Gasteiger partial charge in [-0.25, -0.2) is 0 Å². The highest BCUT2D eigenvalue weighted by atomic mass is 16.5. The van der Waals surface area contributed by atoms with E-state index in [-0.39, 0.29) is 17.2 Å². The van der Waals surface area contributed by atoms with Gasteiger partial charge in [0.1, 0.15) is 0 Å². The van der Waals surface area contributed by atoms with E-state index in [0.29, 0.717) is 5.92 Å². The van der Waals surface area contributed by atoms with Gasteiger partial charge in [-0.1, -0.05) is 13.0 Å². The molecule has 0 amide bonds. The lowest BCUT2D eigenvalue weighted by molar-refractivity contribution is -0.0778. The van der Waals surface area contributed by atoms with Crippen LogP contribution < -0.4 is 5.32 Å². The molecule has 2 unspecified atom stereocenters. The second-order valence-electron chi connectivity index (χ2n) is 6.94. The van der Waals surface area contributed by atoms with Crippen molar-refractivity contribution in [3.63, 3.8) is 0 Å². The number of nitrogens with one attached hydrogen (secondary N) is 1. The molecule has 1 aliphatic heterocycles. The molecule has 0 radical (unpaired) electrons. The maximum Gasteiger partial charge on any atom is 0.0681 e. The largest absolute Gasteiger partial charge is 0.369 e. The summed E-state index contributed by atoms with van der Waals surface area (Å²) in [7, 11) is 2.03. The Labute approximate surface area is 123 Å². The highest BCUT2D eigenvalue weighted by Crippen LogP contribution is 2.47. The summed E-state index contributed by atoms with van der Waals surface area (Å²) in [6.07, 6.45) is 3.96. The number of ether oxygens (including phenoxy) is 1. The van der Waals surface area contributed by atoms with Gasteiger partial charge >= 0.3 is 0 Å². The Morgan fingerprint density at radius 1 is 1.40 bits per heavy atom. The van der Waals surface area contributed by atoms with Crippen LogP contribution in [0.4, 0.5) is 0 Å². The van der Waals surface area contributed by atoms with Gasteiger partial charge in [-0.2, -0.15) is 0 Å². The van der Waals surface area contributed by atoms with Gasteiger partial charge in [0, 0.05) is 12.1 Å². The van der Waals surface area contributed by atoms with Gasteiger partial charge in [0.15, 0.2) is 0 Å². The quantitative estimate of drug-likeness (QED) is 0.914. The van der Waals surface area contributed by atoms with Crippen LogP contribution in [0.3, 0.4) is 0 Å². The summed E-state index contributed by atoms with van der Waals surface area (Å²) in [5.41, 5.74) is 2.30. The minimum absolute atomic E-state index is 0.0651. The molecule has 1 fully saturated rings. The summed E-state index contributed by atoms with van der Waals surface area (Å²) < 4.78 is 6.26. The SMILES string of the molecule is CCc1cccnc1C(NC)C1CC(C)(C)OC1(C)C. The number of pyridine rings is 1. The van der Waals surface area contributed by atoms with Gasteiger partial charge in [-0.3, -0.25) is 4.98 Å². The van der Waals surface area contributed by atoms with Crippen LogP contribution in [-0.4, -0.2) is 23.2 Å². The first-order valence-corrected chi connectivity index (χ1v) is 7.62. The van der Waals surface area contributed by atoms with Crippen molar-refractivity contribution in [3.05, 3.63) is 29.6 Å². The maximum absolute atomic E-state index is 6.26. The van der Waals surface area contributed by atoms with Crippen LogP contribution in [0.15, 0.2) is 18.3 Å². The van der Waals surface area contributed by atoms with Gasteiger partial charge in [0.2, 0.25) is 0 Å². The third-order valence-corrected chi connectivity index (χ3v) is 4.46. The number of nitrogens with zero attached hydrogens (tertiary/aromatic N) is 1. The molecule has 1 aromatic rings. The molecule has 0 saturated carbocycles. The number of aromatic nitrogens is 1. The molecule has 20 heavy (non-hydrogen) atoms. The minimum atomic E-state index is -0.139. The maximum atomic E-state index is 6.26. The van der Waals surface area contributed by atoms with Crippen molar-refractivity contribution in [1.82, 2.24) is 10.3 Å². The second-order valence-corrected chi connectivity index (χ2v) is 6.94. The molecule has 3 heteroatoms. The molecular formula is C17H28N2O. The molecule has 2 heterocycles. The fourth-order valence-electron chi connectivity index (χ4n) is 3.68. The average Bonchev–Trinajstić information content (AvgIpc) is 2.59. The van der Waals surface area contributed by atoms with Crippen molar-refractivity contribution in [1.29, 1.82) is 0 Å². The number of hydrogen-bond acceptors (Lipinski definition) is 3. The standard InChI is InChI=1S/C17H28N2O/c1-7-12-9-8-10-19-14(12)15(18-6)13-11-16(2,3)20-17(13,4)5/h8-10,13,15,18H,7,11H2,1-6H3. The lowest BCUT2D eigenvalue weighted by atomic mass is 9.79. The molecule has 2 atom stereocenters. The van der Waals surface area contributed by atoms with Crippen molar-refractivity contribution in [2.75, 3.05) is 7.05 Å². The molecule has 1 aliphatic rings. The third kappa shape index (κ3) is 2.89. The van der Waals surface area contributed by atoms with Crippen molar-refractivity contribution >= 4 is 0 Å². The summed E-state index contributed by atoms with van der Waals surface area (Å²) >= 11 is 0. The van der Waals surface area contributed by atoms with Crippen LogP contribution in [0, 0.1) is 5.92 Å². The number of rotatable bonds is 4. The van der Waals surface area contributed by atoms with Gasteiger partial charge < -0.3 is 10.1 Å². The Morgan fingerprint density at radius 2 is 2.10 bits per heavy atom. The fraction of sp³-hybridized carbons (Fsp3) is 0.706. The van der Waals surface area contributed by atoms with E-state index in [4.69, 9.17) is 4.74 Å². The molecule has 0 aliphatic carbocycles. The highest BCUT2D eigenvalue weighted by Gasteiger charge is 2.49. The van der Waals surface area contributed by atoms with Crippen LogP contribution in [0.2, 0.25) is 0 Å². The average molecular weight is 276 g/mol. The summed E-state index contributed by atoms with van der Waals surface area (Å²) in [5.74, 6) is 0.419. The van der Waals surface area contributed by atoms with E-state index in [0.717, 1.165) is 12.8 Å². The predicted octanol–water partition coefficient (Wildman–Crippen LogP) is 3.50. The summed E-state index contributed by atoms with van der Waals surface area (Å²) in [5, 5.41) is 3.49. The topological polar surface area (TPSA) is 34.2 Å². The normalized spacial score (nSPS) is 25.6. The molecule has 1 saturated heterocycles. The van der Waals surface area contributed by atoms with Crippen LogP contribution in [0.1, 0.15) is 58.3 Å². The molecule has 1 aromatic heterocycles. The monoisotopic (exact) mass is 276 g/mol. The molecule has 0 aromatic carbocycles. The number of aryl methyl sites for hydroxylation is 1. The molecule has 0 spiro atoms. The van der Waals surface area contributed by atoms with E-state index in [9.17, 15) is 0 Å². The zero-order valence-electron chi connectivity index (χ0n) is 13.7. The van der Waals surface area contributed by atoms with E-state index in [1.54, 1.807) is 0 Å². The van der Waals surface area contributed by atoms with Gasteiger partial charge in [-0.15, -0.1) is 0 Å². The molecular weight excluding hydrogens is 248 g/mol. The minimum Gasteiger partial charge on any atom is -0.369 e. The molecule has 112 valence electrons. The van der Waals surface area contributed by atoms with E-state index < -0.39 is 0 Å². The zero-order valence-corrected chi connectivity index (χ0v) is 13.7. The lowest BCUT2D eigenvalue weighted by Crippen LogP contribution is -2.38. The Balaban J connectivity index is 2.38. The van der Waals surface area contributed by atoms with Crippen LogP contribution in [0.25, 0.3) is 0 Å². The van der Waals surface area contributed by atoms with Crippen LogP contribution >= 0.6 is 0 Å². The van der Waals surface area contributed by atoms with Gasteiger partial charge in [-0.05, 0) is 59.2 Å². The second kappa shape index (κ2) is 5.45. The molecule has 3 nitrogen and oxygen atoms in total. The molecule has 2 rings (SSSR count). The van der Waals surface area contributed by atoms with E-state index >= 15 is 0 Å². The fourth-order valence-corrected chi connectivity index (χ4v) is 3.68. The van der Waals surface area contributed by atoms with E-state index in [1.165, 1.54) is 11.3 Å². The molecule has 1 N–H and O–H groups in total. The first-order valence-electron chi connectivity index (χ1n) is 7.62. The third-order valence-electron chi connectivity index (χ3n) is 4.46. The summed E-state index contributed by atoms with van der Waals surface area (Å²) in [6.45, 7) is 10.9.